The molecule has 0 saturated heterocycles. The van der Waals surface area contributed by atoms with Crippen LogP contribution in [0.5, 0.6) is 0 Å². The number of hydrogen-bond donors (Lipinski definition) is 0. The molecule has 0 N–H and O–H groups in total. The van der Waals surface area contributed by atoms with Crippen molar-refractivity contribution in [1.29, 1.82) is 5.26 Å². The van der Waals surface area contributed by atoms with Gasteiger partial charge >= 0.3 is 0 Å². The maximum Gasteiger partial charge on any atom is 0.297 e. The Morgan fingerprint density at radius 1 is 1.45 bits per heavy atom. The van der Waals surface area contributed by atoms with Gasteiger partial charge in [0, 0.05) is 6.20 Å². The summed E-state index contributed by atoms with van der Waals surface area (Å²) in [6.45, 7) is 0. The maximum absolute atomic E-state index is 11.1. The van der Waals surface area contributed by atoms with Gasteiger partial charge in [-0.15, -0.1) is 0 Å². The van der Waals surface area contributed by atoms with Crippen molar-refractivity contribution in [3.8, 4) is 16.7 Å². The SMILES string of the molecule is N#CSCn1cc(Cl)c(-c2cccc(Cl)c2[N+](=O)[O-])n1. The number of para-hydroxylation sites is 1. The number of benzene rings is 1. The third-order valence-corrected chi connectivity index (χ3v) is 3.51. The Morgan fingerprint density at radius 2 is 2.20 bits per heavy atom. The third kappa shape index (κ3) is 2.88. The maximum atomic E-state index is 11.1. The largest absolute Gasteiger partial charge is 0.297 e. The molecular weight excluding hydrogens is 323 g/mol. The molecule has 102 valence electrons. The monoisotopic (exact) mass is 328 g/mol. The van der Waals surface area contributed by atoms with Crippen LogP contribution in [0.2, 0.25) is 10.0 Å². The van der Waals surface area contributed by atoms with Crippen molar-refractivity contribution in [1.82, 2.24) is 9.78 Å². The lowest BCUT2D eigenvalue weighted by molar-refractivity contribution is -0.384. The zero-order valence-corrected chi connectivity index (χ0v) is 12.1. The summed E-state index contributed by atoms with van der Waals surface area (Å²) in [5.74, 6) is 0.282. The second kappa shape index (κ2) is 6.13. The van der Waals surface area contributed by atoms with E-state index in [1.54, 1.807) is 6.07 Å². The summed E-state index contributed by atoms with van der Waals surface area (Å²) < 4.78 is 1.44. The lowest BCUT2D eigenvalue weighted by Gasteiger charge is -2.02. The smallest absolute Gasteiger partial charge is 0.260 e. The zero-order chi connectivity index (χ0) is 14.7. The first-order chi connectivity index (χ1) is 9.54. The highest BCUT2D eigenvalue weighted by Gasteiger charge is 2.23. The van der Waals surface area contributed by atoms with Crippen molar-refractivity contribution in [2.24, 2.45) is 0 Å². The number of nitrogens with zero attached hydrogens (tertiary/aromatic N) is 4. The third-order valence-electron chi connectivity index (χ3n) is 2.40. The van der Waals surface area contributed by atoms with Gasteiger partial charge in [0.05, 0.1) is 15.5 Å². The number of thiocyanates is 1. The second-order valence-corrected chi connectivity index (χ2v) is 5.17. The summed E-state index contributed by atoms with van der Waals surface area (Å²) >= 11 is 12.9. The lowest BCUT2D eigenvalue weighted by Crippen LogP contribution is -1.96. The average Bonchev–Trinajstić information content (AvgIpc) is 2.76. The van der Waals surface area contributed by atoms with Crippen LogP contribution in [-0.2, 0) is 5.88 Å². The number of nitriles is 1. The van der Waals surface area contributed by atoms with Gasteiger partial charge in [-0.2, -0.15) is 10.4 Å². The van der Waals surface area contributed by atoms with Crippen LogP contribution in [0.3, 0.4) is 0 Å². The van der Waals surface area contributed by atoms with E-state index in [-0.39, 0.29) is 32.9 Å². The molecule has 1 aromatic heterocycles. The molecule has 0 saturated carbocycles. The van der Waals surface area contributed by atoms with Crippen molar-refractivity contribution in [2.75, 3.05) is 0 Å². The highest BCUT2D eigenvalue weighted by Crippen LogP contribution is 2.38. The number of halogens is 2. The van der Waals surface area contributed by atoms with Crippen LogP contribution in [-0.4, -0.2) is 14.7 Å². The summed E-state index contributed by atoms with van der Waals surface area (Å²) in [6.07, 6.45) is 1.51. The quantitative estimate of drug-likeness (QED) is 0.482. The first kappa shape index (κ1) is 14.7. The fraction of sp³-hybridized carbons (Fsp3) is 0.0909. The van der Waals surface area contributed by atoms with E-state index in [0.717, 1.165) is 11.8 Å². The van der Waals surface area contributed by atoms with E-state index in [1.807, 2.05) is 5.40 Å². The predicted octanol–water partition coefficient (Wildman–Crippen LogP) is 3.94. The molecule has 1 heterocycles. The topological polar surface area (TPSA) is 84.8 Å². The molecule has 0 aliphatic rings. The number of rotatable bonds is 4. The molecule has 2 aromatic rings. The van der Waals surface area contributed by atoms with Gasteiger partial charge in [-0.3, -0.25) is 14.8 Å². The molecule has 6 nitrogen and oxygen atoms in total. The highest BCUT2D eigenvalue weighted by molar-refractivity contribution is 8.02. The van der Waals surface area contributed by atoms with Gasteiger partial charge in [0.1, 0.15) is 22.0 Å². The molecule has 20 heavy (non-hydrogen) atoms. The van der Waals surface area contributed by atoms with Crippen LogP contribution in [0.1, 0.15) is 0 Å². The molecule has 0 atom stereocenters. The van der Waals surface area contributed by atoms with Crippen molar-refractivity contribution < 1.29 is 4.92 Å². The normalized spacial score (nSPS) is 10.2. The Morgan fingerprint density at radius 3 is 2.85 bits per heavy atom. The highest BCUT2D eigenvalue weighted by atomic mass is 35.5. The number of nitro groups is 1. The van der Waals surface area contributed by atoms with Crippen molar-refractivity contribution in [3.05, 3.63) is 44.6 Å². The lowest BCUT2D eigenvalue weighted by atomic mass is 10.1. The van der Waals surface area contributed by atoms with Crippen LogP contribution >= 0.6 is 35.0 Å². The summed E-state index contributed by atoms with van der Waals surface area (Å²) in [6, 6.07) is 4.55. The molecule has 0 unspecified atom stereocenters. The van der Waals surface area contributed by atoms with Crippen LogP contribution in [0.15, 0.2) is 24.4 Å². The van der Waals surface area contributed by atoms with Gasteiger partial charge in [-0.25, -0.2) is 0 Å². The van der Waals surface area contributed by atoms with E-state index in [2.05, 4.69) is 5.10 Å². The fourth-order valence-electron chi connectivity index (χ4n) is 1.63. The molecule has 0 bridgehead atoms. The number of thioether (sulfide) groups is 1. The van der Waals surface area contributed by atoms with E-state index in [0.29, 0.717) is 0 Å². The standard InChI is InChI=1S/C11H6Cl2N4O2S/c12-8-3-1-2-7(11(8)17(18)19)10-9(13)4-16(15-10)6-20-5-14/h1-4H,6H2. The van der Waals surface area contributed by atoms with Gasteiger partial charge in [-0.1, -0.05) is 29.3 Å². The van der Waals surface area contributed by atoms with Gasteiger partial charge in [0.2, 0.25) is 0 Å². The fourth-order valence-corrected chi connectivity index (χ4v) is 2.45. The van der Waals surface area contributed by atoms with Crippen LogP contribution in [0.4, 0.5) is 5.69 Å². The Bertz CT molecular complexity index is 711. The van der Waals surface area contributed by atoms with Gasteiger partial charge in [-0.05, 0) is 23.9 Å². The second-order valence-electron chi connectivity index (χ2n) is 3.62. The molecule has 0 fully saturated rings. The average molecular weight is 329 g/mol. The molecular formula is C11H6Cl2N4O2S. The molecule has 9 heteroatoms. The molecule has 0 aliphatic heterocycles. The molecule has 2 rings (SSSR count). The van der Waals surface area contributed by atoms with E-state index < -0.39 is 4.92 Å². The number of aromatic nitrogens is 2. The molecule has 0 aliphatic carbocycles. The summed E-state index contributed by atoms with van der Waals surface area (Å²) in [5, 5.41) is 25.9. The Labute approximate surface area is 128 Å². The number of nitro benzene ring substituents is 1. The number of hydrogen-bond acceptors (Lipinski definition) is 5. The van der Waals surface area contributed by atoms with Crippen LogP contribution in [0.25, 0.3) is 11.3 Å². The van der Waals surface area contributed by atoms with E-state index in [4.69, 9.17) is 28.5 Å². The minimum absolute atomic E-state index is 0.0181. The summed E-state index contributed by atoms with van der Waals surface area (Å²) in [7, 11) is 0. The van der Waals surface area contributed by atoms with Gasteiger partial charge in [0.15, 0.2) is 0 Å². The first-order valence-electron chi connectivity index (χ1n) is 5.21. The minimum Gasteiger partial charge on any atom is -0.260 e. The minimum atomic E-state index is -0.572. The van der Waals surface area contributed by atoms with E-state index >= 15 is 0 Å². The zero-order valence-electron chi connectivity index (χ0n) is 9.79. The van der Waals surface area contributed by atoms with Crippen molar-refractivity contribution >= 4 is 40.7 Å². The van der Waals surface area contributed by atoms with Crippen molar-refractivity contribution in [3.63, 3.8) is 0 Å². The van der Waals surface area contributed by atoms with E-state index in [9.17, 15) is 10.1 Å². The molecule has 0 amide bonds. The van der Waals surface area contributed by atoms with Crippen LogP contribution in [0, 0.1) is 20.8 Å². The molecule has 0 radical (unpaired) electrons. The summed E-state index contributed by atoms with van der Waals surface area (Å²) in [4.78, 5) is 10.5. The van der Waals surface area contributed by atoms with Crippen LogP contribution < -0.4 is 0 Å². The Balaban J connectivity index is 2.52. The Hall–Kier alpha value is -1.75. The first-order valence-corrected chi connectivity index (χ1v) is 6.96. The van der Waals surface area contributed by atoms with Gasteiger partial charge < -0.3 is 0 Å². The van der Waals surface area contributed by atoms with Crippen molar-refractivity contribution in [2.45, 2.75) is 5.88 Å². The molecule has 0 spiro atoms. The Kier molecular flexibility index (Phi) is 4.49. The molecule has 1 aromatic carbocycles. The predicted molar refractivity (Wildman–Crippen MR) is 77.5 cm³/mol. The van der Waals surface area contributed by atoms with E-state index in [1.165, 1.54) is 23.0 Å². The summed E-state index contributed by atoms with van der Waals surface area (Å²) in [5.41, 5.74) is 0.266. The van der Waals surface area contributed by atoms with Gasteiger partial charge in [0.25, 0.3) is 5.69 Å².